The number of H-pyrrole nitrogens is 1. The molecule has 0 spiro atoms. The lowest BCUT2D eigenvalue weighted by molar-refractivity contribution is 0.385. The summed E-state index contributed by atoms with van der Waals surface area (Å²) in [6, 6.07) is 0. The molecule has 0 amide bonds. The van der Waals surface area contributed by atoms with E-state index in [0.717, 1.165) is 13.0 Å². The summed E-state index contributed by atoms with van der Waals surface area (Å²) in [5.74, 6) is 0. The number of imidazole rings is 1. The van der Waals surface area contributed by atoms with Crippen molar-refractivity contribution in [1.82, 2.24) is 24.0 Å². The molecule has 0 aliphatic heterocycles. The van der Waals surface area contributed by atoms with Crippen molar-refractivity contribution in [3.8, 4) is 0 Å². The third kappa shape index (κ3) is 2.21. The van der Waals surface area contributed by atoms with E-state index >= 15 is 0 Å². The van der Waals surface area contributed by atoms with Crippen LogP contribution in [0.4, 0.5) is 0 Å². The molecule has 0 bridgehead atoms. The normalized spacial score (nSPS) is 11.6. The minimum Gasteiger partial charge on any atom is -0.328 e. The van der Waals surface area contributed by atoms with Crippen LogP contribution in [0.15, 0.2) is 15.9 Å². The quantitative estimate of drug-likeness (QED) is 0.785. The van der Waals surface area contributed by atoms with Crippen molar-refractivity contribution < 1.29 is 0 Å². The molecule has 2 rings (SSSR count). The predicted octanol–water partition coefficient (Wildman–Crippen LogP) is -0.625. The third-order valence-corrected chi connectivity index (χ3v) is 2.84. The first-order chi connectivity index (χ1) is 8.50. The summed E-state index contributed by atoms with van der Waals surface area (Å²) in [6.07, 6.45) is 2.37. The highest BCUT2D eigenvalue weighted by atomic mass is 16.2. The average molecular weight is 251 g/mol. The van der Waals surface area contributed by atoms with Crippen LogP contribution in [0.1, 0.15) is 6.42 Å². The predicted molar refractivity (Wildman–Crippen MR) is 68.8 cm³/mol. The van der Waals surface area contributed by atoms with Gasteiger partial charge in [0, 0.05) is 13.6 Å². The van der Waals surface area contributed by atoms with Crippen LogP contribution in [0.3, 0.4) is 0 Å². The van der Waals surface area contributed by atoms with Crippen LogP contribution in [0.2, 0.25) is 0 Å². The van der Waals surface area contributed by atoms with Gasteiger partial charge in [0.1, 0.15) is 0 Å². The van der Waals surface area contributed by atoms with Crippen molar-refractivity contribution in [2.45, 2.75) is 13.0 Å². The van der Waals surface area contributed by atoms with Gasteiger partial charge in [-0.2, -0.15) is 0 Å². The molecule has 2 aromatic heterocycles. The average Bonchev–Trinajstić information content (AvgIpc) is 2.65. The maximum atomic E-state index is 11.8. The maximum absolute atomic E-state index is 11.8. The molecule has 0 fully saturated rings. The second kappa shape index (κ2) is 4.77. The van der Waals surface area contributed by atoms with E-state index < -0.39 is 5.69 Å². The largest absolute Gasteiger partial charge is 0.330 e. The van der Waals surface area contributed by atoms with Gasteiger partial charge in [-0.1, -0.05) is 0 Å². The second-order valence-electron chi connectivity index (χ2n) is 4.60. The number of aromatic amines is 1. The van der Waals surface area contributed by atoms with E-state index in [2.05, 4.69) is 9.97 Å². The minimum absolute atomic E-state index is 0.390. The number of nitrogens with zero attached hydrogens (tertiary/aromatic N) is 4. The Balaban J connectivity index is 2.44. The fourth-order valence-corrected chi connectivity index (χ4v) is 1.95. The summed E-state index contributed by atoms with van der Waals surface area (Å²) >= 11 is 0. The lowest BCUT2D eigenvalue weighted by atomic mass is 10.4. The van der Waals surface area contributed by atoms with Gasteiger partial charge >= 0.3 is 5.69 Å². The first-order valence-electron chi connectivity index (χ1n) is 5.79. The van der Waals surface area contributed by atoms with E-state index in [0.29, 0.717) is 17.7 Å². The van der Waals surface area contributed by atoms with E-state index in [9.17, 15) is 9.59 Å². The SMILES string of the molecule is CN(C)CCCn1c(=O)[nH]c(=O)c2c1ncn2C. The van der Waals surface area contributed by atoms with E-state index in [1.54, 1.807) is 17.9 Å². The Kier molecular flexibility index (Phi) is 3.33. The molecule has 98 valence electrons. The van der Waals surface area contributed by atoms with Gasteiger partial charge in [0.05, 0.1) is 6.33 Å². The standard InChI is InChI=1S/C11H17N5O2/c1-14(2)5-4-6-16-9-8(15(3)7-12-9)10(17)13-11(16)18/h7H,4-6H2,1-3H3,(H,13,17,18). The summed E-state index contributed by atoms with van der Waals surface area (Å²) in [4.78, 5) is 32.0. The molecule has 1 N–H and O–H groups in total. The van der Waals surface area contributed by atoms with Gasteiger partial charge in [-0.3, -0.25) is 14.3 Å². The van der Waals surface area contributed by atoms with E-state index in [1.165, 1.54) is 4.57 Å². The molecule has 2 aromatic rings. The van der Waals surface area contributed by atoms with Crippen LogP contribution in [0.5, 0.6) is 0 Å². The number of aromatic nitrogens is 4. The summed E-state index contributed by atoms with van der Waals surface area (Å²) < 4.78 is 3.14. The highest BCUT2D eigenvalue weighted by molar-refractivity contribution is 5.69. The van der Waals surface area contributed by atoms with Gasteiger partial charge in [-0.25, -0.2) is 9.78 Å². The van der Waals surface area contributed by atoms with Crippen LogP contribution in [-0.4, -0.2) is 44.6 Å². The highest BCUT2D eigenvalue weighted by Gasteiger charge is 2.11. The minimum atomic E-state index is -0.398. The number of aryl methyl sites for hydroxylation is 2. The lowest BCUT2D eigenvalue weighted by Gasteiger charge is -2.10. The second-order valence-corrected chi connectivity index (χ2v) is 4.60. The first-order valence-corrected chi connectivity index (χ1v) is 5.79. The summed E-state index contributed by atoms with van der Waals surface area (Å²) in [6.45, 7) is 1.42. The first kappa shape index (κ1) is 12.6. The Morgan fingerprint density at radius 3 is 2.78 bits per heavy atom. The van der Waals surface area contributed by atoms with Crippen molar-refractivity contribution in [1.29, 1.82) is 0 Å². The smallest absolute Gasteiger partial charge is 0.328 e. The molecular weight excluding hydrogens is 234 g/mol. The molecule has 7 heteroatoms. The molecule has 0 aromatic carbocycles. The molecule has 0 saturated carbocycles. The molecule has 0 atom stereocenters. The van der Waals surface area contributed by atoms with Crippen LogP contribution in [-0.2, 0) is 13.6 Å². The van der Waals surface area contributed by atoms with Gasteiger partial charge in [-0.15, -0.1) is 0 Å². The number of hydrogen-bond acceptors (Lipinski definition) is 4. The molecule has 0 radical (unpaired) electrons. The van der Waals surface area contributed by atoms with Gasteiger partial charge in [0.15, 0.2) is 11.2 Å². The number of fused-ring (bicyclic) bond motifs is 1. The van der Waals surface area contributed by atoms with Crippen molar-refractivity contribution in [3.63, 3.8) is 0 Å². The Morgan fingerprint density at radius 2 is 2.11 bits per heavy atom. The highest BCUT2D eigenvalue weighted by Crippen LogP contribution is 2.04. The Bertz CT molecular complexity index is 664. The third-order valence-electron chi connectivity index (χ3n) is 2.84. The summed E-state index contributed by atoms with van der Waals surface area (Å²) in [7, 11) is 5.69. The molecular formula is C11H17N5O2. The zero-order valence-corrected chi connectivity index (χ0v) is 10.8. The summed E-state index contributed by atoms with van der Waals surface area (Å²) in [5.41, 5.74) is 0.0910. The topological polar surface area (TPSA) is 75.9 Å². The number of rotatable bonds is 4. The monoisotopic (exact) mass is 251 g/mol. The van der Waals surface area contributed by atoms with Crippen LogP contribution >= 0.6 is 0 Å². The Hall–Kier alpha value is -1.89. The zero-order chi connectivity index (χ0) is 13.3. The molecule has 0 saturated heterocycles. The number of nitrogens with one attached hydrogen (secondary N) is 1. The van der Waals surface area contributed by atoms with Crippen LogP contribution in [0, 0.1) is 0 Å². The number of hydrogen-bond donors (Lipinski definition) is 1. The Morgan fingerprint density at radius 1 is 1.39 bits per heavy atom. The van der Waals surface area contributed by atoms with Gasteiger partial charge in [0.25, 0.3) is 5.56 Å². The fourth-order valence-electron chi connectivity index (χ4n) is 1.95. The van der Waals surface area contributed by atoms with Crippen molar-refractivity contribution >= 4 is 11.2 Å². The fraction of sp³-hybridized carbons (Fsp3) is 0.545. The zero-order valence-electron chi connectivity index (χ0n) is 10.8. The molecule has 18 heavy (non-hydrogen) atoms. The molecule has 0 aliphatic carbocycles. The van der Waals surface area contributed by atoms with E-state index in [1.807, 2.05) is 19.0 Å². The van der Waals surface area contributed by atoms with Crippen molar-refractivity contribution in [2.75, 3.05) is 20.6 Å². The molecule has 7 nitrogen and oxygen atoms in total. The Labute approximate surface area is 104 Å². The van der Waals surface area contributed by atoms with E-state index in [-0.39, 0.29) is 5.56 Å². The van der Waals surface area contributed by atoms with Gasteiger partial charge < -0.3 is 9.47 Å². The van der Waals surface area contributed by atoms with Crippen LogP contribution < -0.4 is 11.2 Å². The van der Waals surface area contributed by atoms with Gasteiger partial charge in [0.2, 0.25) is 0 Å². The van der Waals surface area contributed by atoms with Crippen LogP contribution in [0.25, 0.3) is 11.2 Å². The van der Waals surface area contributed by atoms with Gasteiger partial charge in [-0.05, 0) is 27.1 Å². The maximum Gasteiger partial charge on any atom is 0.330 e. The molecule has 0 aliphatic rings. The van der Waals surface area contributed by atoms with Crippen molar-refractivity contribution in [2.24, 2.45) is 7.05 Å². The molecule has 0 unspecified atom stereocenters. The van der Waals surface area contributed by atoms with E-state index in [4.69, 9.17) is 0 Å². The summed E-state index contributed by atoms with van der Waals surface area (Å²) in [5, 5.41) is 0. The lowest BCUT2D eigenvalue weighted by Crippen LogP contribution is -2.31. The molecule has 2 heterocycles. The van der Waals surface area contributed by atoms with Crippen molar-refractivity contribution in [3.05, 3.63) is 27.2 Å².